The number of likely N-dealkylation sites (tertiary alicyclic amines) is 1. The predicted octanol–water partition coefficient (Wildman–Crippen LogP) is 3.98. The molecule has 294 valence electrons. The minimum Gasteiger partial charge on any atom is -0.381 e. The Morgan fingerprint density at radius 1 is 0.895 bits per heavy atom. The summed E-state index contributed by atoms with van der Waals surface area (Å²) in [5.74, 6) is 0.218. The van der Waals surface area contributed by atoms with Crippen LogP contribution in [0.5, 0.6) is 0 Å². The van der Waals surface area contributed by atoms with Gasteiger partial charge in [-0.1, -0.05) is 5.21 Å². The fraction of sp³-hybridized carbons (Fsp3) is 0.439. The topological polar surface area (TPSA) is 158 Å². The molecular formula is C41H46N12O3S. The van der Waals surface area contributed by atoms with Crippen molar-refractivity contribution < 1.29 is 14.4 Å². The highest BCUT2D eigenvalue weighted by Gasteiger charge is 2.32. The minimum atomic E-state index is -0.396. The van der Waals surface area contributed by atoms with Gasteiger partial charge in [0, 0.05) is 97.8 Å². The van der Waals surface area contributed by atoms with Crippen molar-refractivity contribution in [3.05, 3.63) is 64.9 Å². The molecule has 10 rings (SSSR count). The van der Waals surface area contributed by atoms with Gasteiger partial charge >= 0.3 is 0 Å². The number of imide groups is 1. The zero-order valence-electron chi connectivity index (χ0n) is 32.2. The van der Waals surface area contributed by atoms with Crippen LogP contribution in [0.1, 0.15) is 65.5 Å². The number of pyridine rings is 1. The van der Waals surface area contributed by atoms with Gasteiger partial charge in [0.1, 0.15) is 4.88 Å². The summed E-state index contributed by atoms with van der Waals surface area (Å²) in [6.07, 6.45) is 4.99. The van der Waals surface area contributed by atoms with Gasteiger partial charge in [-0.2, -0.15) is 5.10 Å². The van der Waals surface area contributed by atoms with Crippen LogP contribution in [-0.4, -0.2) is 122 Å². The van der Waals surface area contributed by atoms with E-state index in [1.807, 2.05) is 37.0 Å². The number of carbonyl (C=O) groups excluding carboxylic acids is 3. The maximum atomic E-state index is 12.8. The molecule has 57 heavy (non-hydrogen) atoms. The van der Waals surface area contributed by atoms with Crippen LogP contribution in [0.2, 0.25) is 0 Å². The quantitative estimate of drug-likeness (QED) is 0.201. The number of piperidine rings is 2. The van der Waals surface area contributed by atoms with Gasteiger partial charge in [-0.05, 0) is 81.7 Å². The molecule has 3 fully saturated rings. The van der Waals surface area contributed by atoms with Crippen molar-refractivity contribution in [2.24, 2.45) is 7.05 Å². The van der Waals surface area contributed by atoms with Crippen LogP contribution in [0, 0.1) is 0 Å². The molecule has 2 aromatic carbocycles. The van der Waals surface area contributed by atoms with Crippen LogP contribution in [0.4, 0.5) is 11.4 Å². The summed E-state index contributed by atoms with van der Waals surface area (Å²) in [5, 5.41) is 25.9. The molecular weight excluding hydrogens is 741 g/mol. The van der Waals surface area contributed by atoms with E-state index >= 15 is 0 Å². The highest BCUT2D eigenvalue weighted by Crippen LogP contribution is 2.41. The molecule has 0 aliphatic carbocycles. The van der Waals surface area contributed by atoms with Crippen LogP contribution >= 0.6 is 11.3 Å². The van der Waals surface area contributed by atoms with Gasteiger partial charge in [0.05, 0.1) is 40.2 Å². The van der Waals surface area contributed by atoms with E-state index in [1.165, 1.54) is 17.0 Å². The number of aromatic nitrogens is 6. The number of rotatable bonds is 7. The number of benzene rings is 2. The molecule has 1 unspecified atom stereocenters. The Labute approximate surface area is 333 Å². The van der Waals surface area contributed by atoms with Gasteiger partial charge in [0.2, 0.25) is 11.8 Å². The molecule has 4 aromatic heterocycles. The van der Waals surface area contributed by atoms with E-state index in [0.29, 0.717) is 25.3 Å². The standard InChI is InChI=1S/C41H46N12O3S/c1-24-22-42-38-36-27-5-9-34(44-30(27)7-8-33(36)57-39(38)41(56)43-24)53-23-31(46-48-53)25-11-13-50(14-12-25)15-16-51-17-19-52(20-18-51)26-3-4-28-32(21-26)49(2)47-37(28)29-6-10-35(54)45-40(29)55/h3-5,7-9,21,23-25,29,42H,6,10-20,22H2,1-2H3,(H,43,56)(H,45,54,55)/t24-,29?/m1/s1. The van der Waals surface area contributed by atoms with E-state index in [0.717, 1.165) is 125 Å². The second-order valence-corrected chi connectivity index (χ2v) is 17.0. The summed E-state index contributed by atoms with van der Waals surface area (Å²) in [5.41, 5.74) is 5.71. The average molecular weight is 787 g/mol. The third-order valence-corrected chi connectivity index (χ3v) is 13.5. The van der Waals surface area contributed by atoms with Gasteiger partial charge < -0.3 is 20.4 Å². The summed E-state index contributed by atoms with van der Waals surface area (Å²) >= 11 is 1.52. The predicted molar refractivity (Wildman–Crippen MR) is 220 cm³/mol. The molecule has 15 nitrogen and oxygen atoms in total. The first-order valence-electron chi connectivity index (χ1n) is 20.1. The zero-order valence-corrected chi connectivity index (χ0v) is 33.0. The number of aryl methyl sites for hydroxylation is 1. The van der Waals surface area contributed by atoms with Gasteiger partial charge in [-0.25, -0.2) is 9.67 Å². The fourth-order valence-corrected chi connectivity index (χ4v) is 10.2. The number of carbonyl (C=O) groups is 3. The Hall–Kier alpha value is -5.45. The van der Waals surface area contributed by atoms with Crippen molar-refractivity contribution in [1.29, 1.82) is 0 Å². The molecule has 3 saturated heterocycles. The first kappa shape index (κ1) is 35.9. The smallest absolute Gasteiger partial charge is 0.263 e. The average Bonchev–Trinajstić information content (AvgIpc) is 3.93. The van der Waals surface area contributed by atoms with Crippen LogP contribution in [0.15, 0.2) is 48.7 Å². The van der Waals surface area contributed by atoms with Gasteiger partial charge in [-0.15, -0.1) is 16.4 Å². The van der Waals surface area contributed by atoms with Crippen molar-refractivity contribution in [3.63, 3.8) is 0 Å². The van der Waals surface area contributed by atoms with E-state index in [4.69, 9.17) is 10.1 Å². The second kappa shape index (κ2) is 14.5. The molecule has 8 heterocycles. The van der Waals surface area contributed by atoms with Crippen molar-refractivity contribution in [1.82, 2.24) is 50.2 Å². The largest absolute Gasteiger partial charge is 0.381 e. The Morgan fingerprint density at radius 3 is 2.49 bits per heavy atom. The number of hydrogen-bond acceptors (Lipinski definition) is 12. The monoisotopic (exact) mass is 786 g/mol. The molecule has 6 aromatic rings. The van der Waals surface area contributed by atoms with E-state index in [-0.39, 0.29) is 23.8 Å². The number of nitrogens with one attached hydrogen (secondary N) is 3. The molecule has 4 aliphatic rings. The third-order valence-electron chi connectivity index (χ3n) is 12.3. The fourth-order valence-electron chi connectivity index (χ4n) is 9.07. The molecule has 0 radical (unpaired) electrons. The van der Waals surface area contributed by atoms with Crippen LogP contribution in [0.25, 0.3) is 37.7 Å². The lowest BCUT2D eigenvalue weighted by atomic mass is 9.93. The number of piperazine rings is 1. The lowest BCUT2D eigenvalue weighted by Gasteiger charge is -2.38. The Balaban J connectivity index is 0.722. The molecule has 3 N–H and O–H groups in total. The van der Waals surface area contributed by atoms with Gasteiger partial charge in [0.25, 0.3) is 5.91 Å². The number of anilines is 2. The third kappa shape index (κ3) is 6.68. The lowest BCUT2D eigenvalue weighted by Crippen LogP contribution is -2.49. The lowest BCUT2D eigenvalue weighted by molar-refractivity contribution is -0.134. The number of amides is 3. The maximum absolute atomic E-state index is 12.8. The molecule has 4 aliphatic heterocycles. The summed E-state index contributed by atoms with van der Waals surface area (Å²) in [7, 11) is 1.92. The number of thiophene rings is 1. The zero-order chi connectivity index (χ0) is 38.8. The van der Waals surface area contributed by atoms with Gasteiger partial charge in [-0.3, -0.25) is 29.3 Å². The van der Waals surface area contributed by atoms with Gasteiger partial charge in [0.15, 0.2) is 5.82 Å². The molecule has 0 spiro atoms. The van der Waals surface area contributed by atoms with Crippen LogP contribution < -0.4 is 20.9 Å². The van der Waals surface area contributed by atoms with Crippen molar-refractivity contribution >= 4 is 72.3 Å². The normalized spacial score (nSPS) is 21.5. The molecule has 0 bridgehead atoms. The number of hydrogen-bond donors (Lipinski definition) is 3. The molecule has 16 heteroatoms. The maximum Gasteiger partial charge on any atom is 0.263 e. The summed E-state index contributed by atoms with van der Waals surface area (Å²) in [6.45, 7) is 10.8. The van der Waals surface area contributed by atoms with Crippen LogP contribution in [-0.2, 0) is 16.6 Å². The van der Waals surface area contributed by atoms with E-state index in [1.54, 1.807) is 4.68 Å². The summed E-state index contributed by atoms with van der Waals surface area (Å²) in [6, 6.07) is 14.6. The van der Waals surface area contributed by atoms with E-state index < -0.39 is 5.92 Å². The Morgan fingerprint density at radius 2 is 1.68 bits per heavy atom. The molecule has 3 amide bonds. The summed E-state index contributed by atoms with van der Waals surface area (Å²) in [4.78, 5) is 50.4. The Kier molecular flexibility index (Phi) is 9.13. The van der Waals surface area contributed by atoms with Crippen LogP contribution in [0.3, 0.4) is 0 Å². The first-order chi connectivity index (χ1) is 27.8. The van der Waals surface area contributed by atoms with E-state index in [9.17, 15) is 14.4 Å². The minimum absolute atomic E-state index is 0.0278. The molecule has 2 atom stereocenters. The highest BCUT2D eigenvalue weighted by atomic mass is 32.1. The number of fused-ring (bicyclic) bond motifs is 6. The van der Waals surface area contributed by atoms with E-state index in [2.05, 4.69) is 71.3 Å². The second-order valence-electron chi connectivity index (χ2n) is 16.0. The summed E-state index contributed by atoms with van der Waals surface area (Å²) < 4.78 is 4.72. The van der Waals surface area contributed by atoms with Crippen molar-refractivity contribution in [3.8, 4) is 5.82 Å². The molecule has 0 saturated carbocycles. The SMILES string of the molecule is C[C@@H]1CNc2c(sc3ccc4nc(-n5cc(C6CCN(CCN7CCN(c8ccc9c(C%10CCC(=O)NC%10=O)nn(C)c9c8)CC7)CC6)nn5)ccc4c23)C(=O)N1. The Bertz CT molecular complexity index is 2540. The van der Waals surface area contributed by atoms with Crippen molar-refractivity contribution in [2.75, 3.05) is 69.1 Å². The highest BCUT2D eigenvalue weighted by molar-refractivity contribution is 7.21. The number of nitrogens with zero attached hydrogens (tertiary/aromatic N) is 9. The first-order valence-corrected chi connectivity index (χ1v) is 20.9. The van der Waals surface area contributed by atoms with Crippen molar-refractivity contribution in [2.45, 2.75) is 50.5 Å².